The van der Waals surface area contributed by atoms with Gasteiger partial charge in [0.15, 0.2) is 0 Å². The molecule has 0 bridgehead atoms. The molecule has 8 nitrogen and oxygen atoms in total. The van der Waals surface area contributed by atoms with Gasteiger partial charge < -0.3 is 5.32 Å². The molecule has 2 heterocycles. The van der Waals surface area contributed by atoms with Gasteiger partial charge in [-0.15, -0.1) is 0 Å². The molecule has 2 aromatic rings. The van der Waals surface area contributed by atoms with Gasteiger partial charge in [-0.1, -0.05) is 18.2 Å². The Kier molecular flexibility index (Phi) is 4.75. The Labute approximate surface area is 175 Å². The zero-order chi connectivity index (χ0) is 21.6. The number of hydrogen-bond donors (Lipinski definition) is 1. The quantitative estimate of drug-likeness (QED) is 0.747. The predicted octanol–water partition coefficient (Wildman–Crippen LogP) is 3.15. The standard InChI is InChI=1S/C21H15N3O5S/c1-11(25)22-13-7-9-14(10-8-13)24-20(28)18(30-21(24)29)17-15-5-3-4-6-16(15)23(12(2)26)19(17)27/h3-10H,1-2H3,(H,22,25)/b18-17-. The van der Waals surface area contributed by atoms with E-state index in [1.165, 1.54) is 26.0 Å². The highest BCUT2D eigenvalue weighted by Crippen LogP contribution is 2.45. The van der Waals surface area contributed by atoms with Crippen LogP contribution >= 0.6 is 11.8 Å². The van der Waals surface area contributed by atoms with E-state index in [0.29, 0.717) is 34.4 Å². The first-order valence-corrected chi connectivity index (χ1v) is 9.74. The average molecular weight is 421 g/mol. The zero-order valence-corrected chi connectivity index (χ0v) is 16.8. The van der Waals surface area contributed by atoms with Crippen molar-refractivity contribution in [1.82, 2.24) is 0 Å². The number of nitrogens with zero attached hydrogens (tertiary/aromatic N) is 2. The lowest BCUT2D eigenvalue weighted by Crippen LogP contribution is -2.32. The number of carbonyl (C=O) groups excluding carboxylic acids is 5. The van der Waals surface area contributed by atoms with Gasteiger partial charge in [-0.2, -0.15) is 0 Å². The summed E-state index contributed by atoms with van der Waals surface area (Å²) in [6, 6.07) is 12.8. The molecular weight excluding hydrogens is 406 g/mol. The SMILES string of the molecule is CC(=O)Nc1ccc(N2C(=O)S/C(=C3\C(=O)N(C(C)=O)c4ccccc43)C2=O)cc1. The summed E-state index contributed by atoms with van der Waals surface area (Å²) in [4.78, 5) is 63.8. The molecule has 0 radical (unpaired) electrons. The highest BCUT2D eigenvalue weighted by Gasteiger charge is 2.44. The van der Waals surface area contributed by atoms with E-state index in [4.69, 9.17) is 0 Å². The van der Waals surface area contributed by atoms with Gasteiger partial charge in [0.2, 0.25) is 11.8 Å². The minimum absolute atomic E-state index is 0.0212. The number of anilines is 3. The molecule has 0 atom stereocenters. The zero-order valence-electron chi connectivity index (χ0n) is 16.0. The summed E-state index contributed by atoms with van der Waals surface area (Å²) >= 11 is 0.658. The highest BCUT2D eigenvalue weighted by atomic mass is 32.2. The van der Waals surface area contributed by atoms with Crippen LogP contribution in [-0.2, 0) is 19.2 Å². The largest absolute Gasteiger partial charge is 0.326 e. The number of thioether (sulfide) groups is 1. The predicted molar refractivity (Wildman–Crippen MR) is 113 cm³/mol. The topological polar surface area (TPSA) is 104 Å². The molecule has 0 unspecified atom stereocenters. The van der Waals surface area contributed by atoms with Crippen molar-refractivity contribution < 1.29 is 24.0 Å². The van der Waals surface area contributed by atoms with Gasteiger partial charge in [-0.3, -0.25) is 24.0 Å². The normalized spacial score (nSPS) is 18.1. The second kappa shape index (κ2) is 7.27. The molecule has 0 aromatic heterocycles. The van der Waals surface area contributed by atoms with E-state index < -0.39 is 23.0 Å². The molecule has 150 valence electrons. The van der Waals surface area contributed by atoms with Crippen LogP contribution < -0.4 is 15.1 Å². The number of para-hydroxylation sites is 1. The van der Waals surface area contributed by atoms with Crippen molar-refractivity contribution in [2.45, 2.75) is 13.8 Å². The van der Waals surface area contributed by atoms with E-state index in [1.54, 1.807) is 36.4 Å². The molecule has 5 amide bonds. The van der Waals surface area contributed by atoms with Gasteiger partial charge >= 0.3 is 0 Å². The second-order valence-electron chi connectivity index (χ2n) is 6.62. The van der Waals surface area contributed by atoms with Crippen LogP contribution in [0.3, 0.4) is 0 Å². The van der Waals surface area contributed by atoms with E-state index in [2.05, 4.69) is 5.32 Å². The Morgan fingerprint density at radius 1 is 0.900 bits per heavy atom. The third-order valence-electron chi connectivity index (χ3n) is 4.59. The molecule has 2 aliphatic heterocycles. The van der Waals surface area contributed by atoms with Crippen molar-refractivity contribution in [1.29, 1.82) is 0 Å². The van der Waals surface area contributed by atoms with Crippen LogP contribution in [0.15, 0.2) is 53.4 Å². The summed E-state index contributed by atoms with van der Waals surface area (Å²) in [5.74, 6) is -1.99. The van der Waals surface area contributed by atoms with Crippen LogP contribution in [0.1, 0.15) is 19.4 Å². The lowest BCUT2D eigenvalue weighted by molar-refractivity contribution is -0.122. The molecule has 30 heavy (non-hydrogen) atoms. The van der Waals surface area contributed by atoms with Crippen molar-refractivity contribution in [2.24, 2.45) is 0 Å². The van der Waals surface area contributed by atoms with Crippen molar-refractivity contribution in [3.63, 3.8) is 0 Å². The van der Waals surface area contributed by atoms with Gasteiger partial charge in [0.05, 0.1) is 21.9 Å². The van der Waals surface area contributed by atoms with Crippen LogP contribution in [0.4, 0.5) is 21.9 Å². The summed E-state index contributed by atoms with van der Waals surface area (Å²) in [5, 5.41) is 2.05. The molecule has 9 heteroatoms. The van der Waals surface area contributed by atoms with Crippen LogP contribution in [-0.4, -0.2) is 28.9 Å². The maximum Gasteiger partial charge on any atom is 0.298 e. The Bertz CT molecular complexity index is 1170. The van der Waals surface area contributed by atoms with E-state index in [1.807, 2.05) is 0 Å². The van der Waals surface area contributed by atoms with Crippen molar-refractivity contribution in [2.75, 3.05) is 15.1 Å². The van der Waals surface area contributed by atoms with E-state index >= 15 is 0 Å². The van der Waals surface area contributed by atoms with Crippen molar-refractivity contribution in [3.8, 4) is 0 Å². The average Bonchev–Trinajstić information content (AvgIpc) is 3.14. The lowest BCUT2D eigenvalue weighted by atomic mass is 10.1. The smallest absolute Gasteiger partial charge is 0.298 e. The molecule has 4 rings (SSSR count). The fourth-order valence-electron chi connectivity index (χ4n) is 3.39. The molecule has 1 N–H and O–H groups in total. The third-order valence-corrected chi connectivity index (χ3v) is 5.53. The summed E-state index contributed by atoms with van der Waals surface area (Å²) in [6.07, 6.45) is 0. The maximum absolute atomic E-state index is 13.1. The second-order valence-corrected chi connectivity index (χ2v) is 7.58. The van der Waals surface area contributed by atoms with Crippen LogP contribution in [0.25, 0.3) is 5.57 Å². The van der Waals surface area contributed by atoms with Crippen molar-refractivity contribution in [3.05, 3.63) is 59.0 Å². The molecular formula is C21H15N3O5S. The molecule has 1 fully saturated rings. The Morgan fingerprint density at radius 3 is 2.20 bits per heavy atom. The fraction of sp³-hybridized carbons (Fsp3) is 0.0952. The monoisotopic (exact) mass is 421 g/mol. The van der Waals surface area contributed by atoms with Gasteiger partial charge in [-0.25, -0.2) is 9.80 Å². The Hall–Kier alpha value is -3.72. The van der Waals surface area contributed by atoms with E-state index in [9.17, 15) is 24.0 Å². The molecule has 0 spiro atoms. The number of rotatable bonds is 2. The van der Waals surface area contributed by atoms with Crippen LogP contribution in [0, 0.1) is 0 Å². The molecule has 2 aliphatic rings. The minimum atomic E-state index is -0.638. The number of fused-ring (bicyclic) bond motifs is 1. The number of carbonyl (C=O) groups is 5. The van der Waals surface area contributed by atoms with Gasteiger partial charge in [0.25, 0.3) is 17.1 Å². The highest BCUT2D eigenvalue weighted by molar-refractivity contribution is 8.19. The van der Waals surface area contributed by atoms with Gasteiger partial charge in [0.1, 0.15) is 0 Å². The van der Waals surface area contributed by atoms with Gasteiger partial charge in [0, 0.05) is 25.1 Å². The first-order valence-electron chi connectivity index (χ1n) is 8.92. The van der Waals surface area contributed by atoms with E-state index in [0.717, 1.165) is 9.80 Å². The third kappa shape index (κ3) is 3.09. The summed E-state index contributed by atoms with van der Waals surface area (Å²) in [5.41, 5.74) is 1.69. The van der Waals surface area contributed by atoms with Crippen molar-refractivity contribution >= 4 is 63.3 Å². The van der Waals surface area contributed by atoms with E-state index in [-0.39, 0.29) is 16.4 Å². The first-order chi connectivity index (χ1) is 14.3. The molecule has 2 aromatic carbocycles. The number of imide groups is 2. The fourth-order valence-corrected chi connectivity index (χ4v) is 4.32. The number of nitrogens with one attached hydrogen (secondary N) is 1. The number of benzene rings is 2. The summed E-state index contributed by atoms with van der Waals surface area (Å²) in [7, 11) is 0. The lowest BCUT2D eigenvalue weighted by Gasteiger charge is -2.13. The number of amides is 5. The van der Waals surface area contributed by atoms with Crippen LogP contribution in [0.5, 0.6) is 0 Å². The first kappa shape index (κ1) is 19.6. The van der Waals surface area contributed by atoms with Crippen LogP contribution in [0.2, 0.25) is 0 Å². The molecule has 0 saturated carbocycles. The number of hydrogen-bond acceptors (Lipinski definition) is 6. The maximum atomic E-state index is 13.1. The summed E-state index contributed by atoms with van der Waals surface area (Å²) < 4.78 is 0. The Balaban J connectivity index is 1.76. The molecule has 0 aliphatic carbocycles. The minimum Gasteiger partial charge on any atom is -0.326 e. The summed E-state index contributed by atoms with van der Waals surface area (Å²) in [6.45, 7) is 2.64. The van der Waals surface area contributed by atoms with Gasteiger partial charge in [-0.05, 0) is 42.1 Å². The molecule has 1 saturated heterocycles. The Morgan fingerprint density at radius 2 is 1.57 bits per heavy atom.